The first kappa shape index (κ1) is 23.5. The lowest BCUT2D eigenvalue weighted by Crippen LogP contribution is -2.54. The number of benzene rings is 2. The number of hydrogen-bond donors (Lipinski definition) is 2. The van der Waals surface area contributed by atoms with Crippen LogP contribution in [0.1, 0.15) is 27.3 Å². The van der Waals surface area contributed by atoms with Crippen molar-refractivity contribution >= 4 is 52.6 Å². The summed E-state index contributed by atoms with van der Waals surface area (Å²) in [6.07, 6.45) is 1.44. The molecule has 35 heavy (non-hydrogen) atoms. The van der Waals surface area contributed by atoms with Gasteiger partial charge in [0.25, 0.3) is 17.5 Å². The molecule has 1 fully saturated rings. The molecule has 11 heteroatoms. The van der Waals surface area contributed by atoms with Gasteiger partial charge in [0, 0.05) is 23.5 Å². The highest BCUT2D eigenvalue weighted by Crippen LogP contribution is 2.27. The zero-order chi connectivity index (χ0) is 25.4. The first-order chi connectivity index (χ1) is 16.6. The number of nitro groups is 1. The molecule has 1 aliphatic rings. The van der Waals surface area contributed by atoms with Crippen molar-refractivity contribution in [2.24, 2.45) is 0 Å². The molecule has 1 saturated heterocycles. The Morgan fingerprint density at radius 3 is 2.40 bits per heavy atom. The highest BCUT2D eigenvalue weighted by molar-refractivity contribution is 7.80. The summed E-state index contributed by atoms with van der Waals surface area (Å²) in [5.41, 5.74) is 2.67. The number of nitrogens with one attached hydrogen (secondary N) is 1. The minimum atomic E-state index is -1.11. The highest BCUT2D eigenvalue weighted by atomic mass is 32.1. The van der Waals surface area contributed by atoms with Crippen molar-refractivity contribution in [2.75, 3.05) is 4.90 Å². The molecule has 2 heterocycles. The summed E-state index contributed by atoms with van der Waals surface area (Å²) >= 11 is 5.18. The molecule has 10 nitrogen and oxygen atoms in total. The van der Waals surface area contributed by atoms with Gasteiger partial charge in [-0.15, -0.1) is 0 Å². The Hall–Kier alpha value is -4.64. The zero-order valence-corrected chi connectivity index (χ0v) is 19.3. The number of amides is 2. The van der Waals surface area contributed by atoms with Crippen LogP contribution in [0.25, 0.3) is 11.8 Å². The first-order valence-electron chi connectivity index (χ1n) is 10.3. The molecule has 0 radical (unpaired) electrons. The lowest BCUT2D eigenvalue weighted by Gasteiger charge is -2.29. The normalized spacial score (nSPS) is 14.9. The van der Waals surface area contributed by atoms with Crippen molar-refractivity contribution in [3.63, 3.8) is 0 Å². The topological polar surface area (TPSA) is 135 Å². The number of aromatic nitrogens is 1. The Balaban J connectivity index is 1.74. The molecule has 3 aromatic rings. The number of aryl methyl sites for hydroxylation is 1. The van der Waals surface area contributed by atoms with Crippen LogP contribution in [-0.4, -0.2) is 37.5 Å². The second kappa shape index (κ2) is 8.95. The molecule has 0 bridgehead atoms. The molecule has 0 saturated carbocycles. The molecule has 0 spiro atoms. The van der Waals surface area contributed by atoms with Gasteiger partial charge in [-0.1, -0.05) is 6.07 Å². The van der Waals surface area contributed by atoms with Gasteiger partial charge in [0.15, 0.2) is 5.11 Å². The zero-order valence-electron chi connectivity index (χ0n) is 18.5. The summed E-state index contributed by atoms with van der Waals surface area (Å²) in [6, 6.07) is 13.4. The van der Waals surface area contributed by atoms with Crippen molar-refractivity contribution < 1.29 is 24.4 Å². The molecule has 0 unspecified atom stereocenters. The summed E-state index contributed by atoms with van der Waals surface area (Å²) < 4.78 is 1.79. The molecular formula is C24H18N4O6S. The van der Waals surface area contributed by atoms with Crippen LogP contribution < -0.4 is 10.2 Å². The van der Waals surface area contributed by atoms with Gasteiger partial charge in [-0.25, -0.2) is 4.79 Å². The van der Waals surface area contributed by atoms with Gasteiger partial charge >= 0.3 is 5.97 Å². The standard InChI is InChI=1S/C24H18N4O6S/c1-13-10-16(14(2)26(13)18-4-3-5-19(12-18)28(33)34)11-20-21(29)25-24(35)27(22(20)30)17-8-6-15(7-9-17)23(31)32/h3-12H,1-2H3,(H,31,32)(H,25,29,35)/b20-11+. The fourth-order valence-electron chi connectivity index (χ4n) is 3.88. The number of nitro benzene ring substituents is 1. The van der Waals surface area contributed by atoms with E-state index in [0.29, 0.717) is 22.6 Å². The quantitative estimate of drug-likeness (QED) is 0.184. The molecular weight excluding hydrogens is 472 g/mol. The third kappa shape index (κ3) is 4.32. The lowest BCUT2D eigenvalue weighted by atomic mass is 10.1. The van der Waals surface area contributed by atoms with E-state index in [0.717, 1.165) is 10.6 Å². The van der Waals surface area contributed by atoms with Crippen molar-refractivity contribution in [2.45, 2.75) is 13.8 Å². The number of anilines is 1. The summed E-state index contributed by atoms with van der Waals surface area (Å²) in [5, 5.41) is 22.6. The van der Waals surface area contributed by atoms with E-state index in [-0.39, 0.29) is 21.9 Å². The average Bonchev–Trinajstić information content (AvgIpc) is 3.09. The molecule has 4 rings (SSSR count). The van der Waals surface area contributed by atoms with Gasteiger partial charge in [0.2, 0.25) is 0 Å². The Morgan fingerprint density at radius 1 is 1.09 bits per heavy atom. The molecule has 2 N–H and O–H groups in total. The van der Waals surface area contributed by atoms with Crippen LogP contribution in [0.5, 0.6) is 0 Å². The average molecular weight is 490 g/mol. The Bertz CT molecular complexity index is 1460. The maximum atomic E-state index is 13.3. The molecule has 1 aliphatic heterocycles. The largest absolute Gasteiger partial charge is 0.478 e. The van der Waals surface area contributed by atoms with Crippen LogP contribution in [0.2, 0.25) is 0 Å². The van der Waals surface area contributed by atoms with Crippen molar-refractivity contribution in [1.29, 1.82) is 0 Å². The highest BCUT2D eigenvalue weighted by Gasteiger charge is 2.34. The van der Waals surface area contributed by atoms with E-state index in [9.17, 15) is 24.5 Å². The van der Waals surface area contributed by atoms with Crippen LogP contribution in [-0.2, 0) is 9.59 Å². The number of thiocarbonyl (C=S) groups is 1. The summed E-state index contributed by atoms with van der Waals surface area (Å²) in [5.74, 6) is -2.45. The fraction of sp³-hybridized carbons (Fsp3) is 0.0833. The third-order valence-corrected chi connectivity index (χ3v) is 5.83. The lowest BCUT2D eigenvalue weighted by molar-refractivity contribution is -0.384. The van der Waals surface area contributed by atoms with Crippen LogP contribution in [0.15, 0.2) is 60.2 Å². The van der Waals surface area contributed by atoms with Gasteiger partial charge in [-0.2, -0.15) is 0 Å². The molecule has 0 aliphatic carbocycles. The predicted molar refractivity (Wildman–Crippen MR) is 132 cm³/mol. The Labute approximate surface area is 204 Å². The van der Waals surface area contributed by atoms with Crippen molar-refractivity contribution in [3.8, 4) is 5.69 Å². The maximum Gasteiger partial charge on any atom is 0.335 e. The number of hydrogen-bond acceptors (Lipinski definition) is 6. The third-order valence-electron chi connectivity index (χ3n) is 5.54. The smallest absolute Gasteiger partial charge is 0.335 e. The predicted octanol–water partition coefficient (Wildman–Crippen LogP) is 3.53. The fourth-order valence-corrected chi connectivity index (χ4v) is 4.16. The van der Waals surface area contributed by atoms with E-state index in [4.69, 9.17) is 17.3 Å². The summed E-state index contributed by atoms with van der Waals surface area (Å²) in [4.78, 5) is 48.9. The number of aromatic carboxylic acids is 1. The van der Waals surface area contributed by atoms with Crippen LogP contribution in [0.4, 0.5) is 11.4 Å². The molecule has 1 aromatic heterocycles. The second-order valence-corrected chi connectivity index (χ2v) is 8.14. The van der Waals surface area contributed by atoms with E-state index in [1.165, 1.54) is 42.5 Å². The second-order valence-electron chi connectivity index (χ2n) is 7.75. The van der Waals surface area contributed by atoms with Crippen molar-refractivity contribution in [1.82, 2.24) is 9.88 Å². The monoisotopic (exact) mass is 490 g/mol. The molecule has 0 atom stereocenters. The number of carboxylic acids is 1. The van der Waals surface area contributed by atoms with E-state index in [1.807, 2.05) is 6.92 Å². The van der Waals surface area contributed by atoms with Crippen LogP contribution in [0, 0.1) is 24.0 Å². The number of carbonyl (C=O) groups excluding carboxylic acids is 2. The summed E-state index contributed by atoms with van der Waals surface area (Å²) in [7, 11) is 0. The first-order valence-corrected chi connectivity index (χ1v) is 10.7. The molecule has 176 valence electrons. The maximum absolute atomic E-state index is 13.3. The van der Waals surface area contributed by atoms with E-state index < -0.39 is 22.7 Å². The van der Waals surface area contributed by atoms with Gasteiger partial charge in [-0.05, 0) is 74.1 Å². The SMILES string of the molecule is Cc1cc(/C=C2\C(=O)NC(=S)N(c3ccc(C(=O)O)cc3)C2=O)c(C)n1-c1cccc([N+](=O)[O-])c1. The number of rotatable bonds is 5. The van der Waals surface area contributed by atoms with E-state index in [2.05, 4.69) is 5.32 Å². The Kier molecular flexibility index (Phi) is 6.01. The van der Waals surface area contributed by atoms with Crippen LogP contribution >= 0.6 is 12.2 Å². The number of non-ortho nitro benzene ring substituents is 1. The van der Waals surface area contributed by atoms with Crippen LogP contribution in [0.3, 0.4) is 0 Å². The van der Waals surface area contributed by atoms with Gasteiger partial charge in [0.05, 0.1) is 21.9 Å². The Morgan fingerprint density at radius 2 is 1.77 bits per heavy atom. The minimum Gasteiger partial charge on any atom is -0.478 e. The van der Waals surface area contributed by atoms with E-state index in [1.54, 1.807) is 29.7 Å². The number of carboxylic acid groups (broad SMARTS) is 1. The van der Waals surface area contributed by atoms with Gasteiger partial charge in [-0.3, -0.25) is 29.9 Å². The molecule has 2 aromatic carbocycles. The van der Waals surface area contributed by atoms with Crippen molar-refractivity contribution in [3.05, 3.63) is 92.8 Å². The number of nitrogens with zero attached hydrogens (tertiary/aromatic N) is 3. The van der Waals surface area contributed by atoms with Gasteiger partial charge in [0.1, 0.15) is 5.57 Å². The minimum absolute atomic E-state index is 0.0394. The summed E-state index contributed by atoms with van der Waals surface area (Å²) in [6.45, 7) is 3.58. The van der Waals surface area contributed by atoms with Gasteiger partial charge < -0.3 is 9.67 Å². The molecule has 2 amide bonds. The number of carbonyl (C=O) groups is 3. The van der Waals surface area contributed by atoms with E-state index >= 15 is 0 Å².